The van der Waals surface area contributed by atoms with Crippen LogP contribution >= 0.6 is 0 Å². The molecule has 10 nitrogen and oxygen atoms in total. The summed E-state index contributed by atoms with van der Waals surface area (Å²) in [5, 5.41) is 7.86. The number of likely N-dealkylation sites (N-methyl/N-ethyl adjacent to an activating group) is 1. The van der Waals surface area contributed by atoms with Crippen molar-refractivity contribution in [1.29, 1.82) is 0 Å². The molecule has 0 aliphatic rings. The topological polar surface area (TPSA) is 129 Å². The molecular formula is C16H16FN7O3. The number of carbonyl (C=O) groups excluding carboxylic acids is 1. The number of amides is 1. The van der Waals surface area contributed by atoms with E-state index in [2.05, 4.69) is 15.2 Å². The van der Waals surface area contributed by atoms with Gasteiger partial charge in [0, 0.05) is 14.1 Å². The predicted octanol–water partition coefficient (Wildman–Crippen LogP) is -1.07. The van der Waals surface area contributed by atoms with Crippen LogP contribution in [0.15, 0.2) is 33.9 Å². The van der Waals surface area contributed by atoms with Crippen LogP contribution in [0.3, 0.4) is 0 Å². The van der Waals surface area contributed by atoms with Crippen LogP contribution in [0.5, 0.6) is 0 Å². The maximum atomic E-state index is 13.2. The number of aromatic nitrogens is 5. The molecule has 0 fully saturated rings. The highest BCUT2D eigenvalue weighted by Gasteiger charge is 2.17. The van der Waals surface area contributed by atoms with Gasteiger partial charge in [0.1, 0.15) is 5.82 Å². The fourth-order valence-corrected chi connectivity index (χ4v) is 2.48. The minimum absolute atomic E-state index is 0.00218. The number of hydrogen-bond donors (Lipinski definition) is 1. The van der Waals surface area contributed by atoms with Crippen LogP contribution in [0.4, 0.5) is 4.39 Å². The van der Waals surface area contributed by atoms with Gasteiger partial charge < -0.3 is 10.6 Å². The van der Waals surface area contributed by atoms with Gasteiger partial charge in [0.25, 0.3) is 5.56 Å². The van der Waals surface area contributed by atoms with E-state index in [-0.39, 0.29) is 36.0 Å². The van der Waals surface area contributed by atoms with E-state index < -0.39 is 17.1 Å². The van der Waals surface area contributed by atoms with Crippen molar-refractivity contribution in [2.45, 2.75) is 6.54 Å². The van der Waals surface area contributed by atoms with E-state index in [1.54, 1.807) is 0 Å². The van der Waals surface area contributed by atoms with Gasteiger partial charge in [-0.15, -0.1) is 10.2 Å². The Morgan fingerprint density at radius 2 is 1.89 bits per heavy atom. The lowest BCUT2D eigenvalue weighted by atomic mass is 10.3. The van der Waals surface area contributed by atoms with E-state index in [1.165, 1.54) is 43.3 Å². The number of carbonyl (C=O) groups is 1. The van der Waals surface area contributed by atoms with Gasteiger partial charge in [-0.25, -0.2) is 18.7 Å². The standard InChI is InChI=1S/C16H16FN7O3/c1-22(12(25)7-18)8-11-19-13-14(21-20-11)24(16(27)23(2)15(13)26)10-5-3-9(17)4-6-10/h3-6H,7-8,18H2,1-2H3. The largest absolute Gasteiger partial charge is 0.337 e. The fourth-order valence-electron chi connectivity index (χ4n) is 2.48. The van der Waals surface area contributed by atoms with Gasteiger partial charge in [-0.2, -0.15) is 0 Å². The highest BCUT2D eigenvalue weighted by atomic mass is 19.1. The molecule has 2 aromatic heterocycles. The van der Waals surface area contributed by atoms with Crippen LogP contribution in [0.1, 0.15) is 5.82 Å². The molecule has 1 amide bonds. The minimum Gasteiger partial charge on any atom is -0.337 e. The maximum absolute atomic E-state index is 13.2. The van der Waals surface area contributed by atoms with Gasteiger partial charge >= 0.3 is 5.69 Å². The molecule has 0 unspecified atom stereocenters. The molecule has 27 heavy (non-hydrogen) atoms. The van der Waals surface area contributed by atoms with Crippen molar-refractivity contribution in [2.24, 2.45) is 12.8 Å². The zero-order chi connectivity index (χ0) is 19.7. The van der Waals surface area contributed by atoms with Crippen molar-refractivity contribution < 1.29 is 9.18 Å². The molecule has 0 aliphatic carbocycles. The maximum Gasteiger partial charge on any atom is 0.337 e. The number of nitrogens with zero attached hydrogens (tertiary/aromatic N) is 6. The SMILES string of the molecule is CN(Cc1nnc2c(n1)c(=O)n(C)c(=O)n2-c1ccc(F)cc1)C(=O)CN. The molecular weight excluding hydrogens is 357 g/mol. The van der Waals surface area contributed by atoms with Gasteiger partial charge in [-0.1, -0.05) is 0 Å². The third kappa shape index (κ3) is 3.31. The summed E-state index contributed by atoms with van der Waals surface area (Å²) in [5.74, 6) is -0.684. The summed E-state index contributed by atoms with van der Waals surface area (Å²) in [6.07, 6.45) is 0. The number of hydrogen-bond acceptors (Lipinski definition) is 7. The van der Waals surface area contributed by atoms with Crippen molar-refractivity contribution in [3.8, 4) is 5.69 Å². The molecule has 3 rings (SSSR count). The second-order valence-electron chi connectivity index (χ2n) is 5.81. The molecule has 140 valence electrons. The van der Waals surface area contributed by atoms with Gasteiger partial charge in [0.2, 0.25) is 5.91 Å². The second-order valence-corrected chi connectivity index (χ2v) is 5.81. The summed E-state index contributed by atoms with van der Waals surface area (Å²) in [4.78, 5) is 42.1. The van der Waals surface area contributed by atoms with Crippen LogP contribution in [0.2, 0.25) is 0 Å². The summed E-state index contributed by atoms with van der Waals surface area (Å²) >= 11 is 0. The van der Waals surface area contributed by atoms with Gasteiger partial charge in [-0.3, -0.25) is 14.2 Å². The zero-order valence-electron chi connectivity index (χ0n) is 14.6. The highest BCUT2D eigenvalue weighted by molar-refractivity contribution is 5.77. The predicted molar refractivity (Wildman–Crippen MR) is 93.7 cm³/mol. The Morgan fingerprint density at radius 3 is 2.52 bits per heavy atom. The number of halogens is 1. The minimum atomic E-state index is -0.668. The lowest BCUT2D eigenvalue weighted by Gasteiger charge is -2.15. The highest BCUT2D eigenvalue weighted by Crippen LogP contribution is 2.11. The van der Waals surface area contributed by atoms with Crippen LogP contribution in [0.25, 0.3) is 16.9 Å². The van der Waals surface area contributed by atoms with Crippen molar-refractivity contribution in [3.63, 3.8) is 0 Å². The Labute approximate surface area is 151 Å². The molecule has 2 heterocycles. The summed E-state index contributed by atoms with van der Waals surface area (Å²) < 4.78 is 15.2. The Morgan fingerprint density at radius 1 is 1.22 bits per heavy atom. The Balaban J connectivity index is 2.20. The van der Waals surface area contributed by atoms with Crippen LogP contribution in [-0.2, 0) is 18.4 Å². The smallest absolute Gasteiger partial charge is 0.337 e. The first-order valence-corrected chi connectivity index (χ1v) is 7.88. The molecule has 0 saturated carbocycles. The third-order valence-electron chi connectivity index (χ3n) is 3.97. The van der Waals surface area contributed by atoms with E-state index >= 15 is 0 Å². The lowest BCUT2D eigenvalue weighted by molar-refractivity contribution is -0.129. The van der Waals surface area contributed by atoms with E-state index in [1.807, 2.05) is 0 Å². The quantitative estimate of drug-likeness (QED) is 0.616. The first-order chi connectivity index (χ1) is 12.8. The van der Waals surface area contributed by atoms with Crippen molar-refractivity contribution in [2.75, 3.05) is 13.6 Å². The normalized spacial score (nSPS) is 11.0. The Hall–Kier alpha value is -3.47. The molecule has 11 heteroatoms. The van der Waals surface area contributed by atoms with E-state index in [0.29, 0.717) is 5.69 Å². The van der Waals surface area contributed by atoms with Gasteiger partial charge in [0.15, 0.2) is 17.0 Å². The average molecular weight is 373 g/mol. The summed E-state index contributed by atoms with van der Waals surface area (Å²) in [6, 6.07) is 5.12. The van der Waals surface area contributed by atoms with Gasteiger partial charge in [0.05, 0.1) is 18.8 Å². The number of rotatable bonds is 4. The van der Waals surface area contributed by atoms with E-state index in [9.17, 15) is 18.8 Å². The molecule has 0 saturated heterocycles. The van der Waals surface area contributed by atoms with Crippen LogP contribution < -0.4 is 17.0 Å². The molecule has 0 aliphatic heterocycles. The Bertz CT molecular complexity index is 1140. The molecule has 1 aromatic carbocycles. The van der Waals surface area contributed by atoms with E-state index in [4.69, 9.17) is 5.73 Å². The number of benzene rings is 1. The van der Waals surface area contributed by atoms with Crippen molar-refractivity contribution in [1.82, 2.24) is 29.2 Å². The summed E-state index contributed by atoms with van der Waals surface area (Å²) in [5.41, 5.74) is 4.13. The molecule has 2 N–H and O–H groups in total. The molecule has 0 spiro atoms. The van der Waals surface area contributed by atoms with Crippen LogP contribution in [-0.4, -0.2) is 48.7 Å². The third-order valence-corrected chi connectivity index (χ3v) is 3.97. The first kappa shape index (κ1) is 18.3. The van der Waals surface area contributed by atoms with Crippen LogP contribution in [0, 0.1) is 5.82 Å². The average Bonchev–Trinajstić information content (AvgIpc) is 2.67. The van der Waals surface area contributed by atoms with E-state index in [0.717, 1.165) is 9.13 Å². The zero-order valence-corrected chi connectivity index (χ0v) is 14.6. The van der Waals surface area contributed by atoms with Gasteiger partial charge in [-0.05, 0) is 24.3 Å². The summed E-state index contributed by atoms with van der Waals surface area (Å²) in [6.45, 7) is -0.179. The Kier molecular flexibility index (Phi) is 4.77. The van der Waals surface area contributed by atoms with Crippen molar-refractivity contribution >= 4 is 17.1 Å². The molecule has 0 bridgehead atoms. The molecule has 0 radical (unpaired) electrons. The molecule has 3 aromatic rings. The monoisotopic (exact) mass is 373 g/mol. The number of fused-ring (bicyclic) bond motifs is 1. The fraction of sp³-hybridized carbons (Fsp3) is 0.250. The lowest BCUT2D eigenvalue weighted by Crippen LogP contribution is -2.39. The van der Waals surface area contributed by atoms with Crippen molar-refractivity contribution in [3.05, 3.63) is 56.7 Å². The first-order valence-electron chi connectivity index (χ1n) is 7.88. The number of nitrogens with two attached hydrogens (primary N) is 1. The molecule has 0 atom stereocenters. The summed E-state index contributed by atoms with van der Waals surface area (Å²) in [7, 11) is 2.82. The second kappa shape index (κ2) is 7.03.